The lowest BCUT2D eigenvalue weighted by molar-refractivity contribution is -0.576. The summed E-state index contributed by atoms with van der Waals surface area (Å²) < 4.78 is 18.0. The Balaban J connectivity index is 1.42. The number of carboxylic acids is 1. The Morgan fingerprint density at radius 2 is 1.88 bits per heavy atom. The van der Waals surface area contributed by atoms with Crippen molar-refractivity contribution >= 4 is 17.8 Å². The van der Waals surface area contributed by atoms with Crippen LogP contribution in [0.2, 0.25) is 0 Å². The molecule has 1 saturated carbocycles. The number of carboxylic acid groups (broad SMARTS) is 1. The first kappa shape index (κ1) is 23.4. The first-order valence-corrected chi connectivity index (χ1v) is 11.5. The SMILES string of the molecule is C[C@H]1[C@H](OC(=O)CCC(=O)N[C@@H](C)C(=O)O)O[C@@H]2O[C@@]3(C)CC[C@H]4[C@H](C)CC[C@@H]1[C@]24OO3. The molecule has 180 valence electrons. The van der Waals surface area contributed by atoms with Crippen LogP contribution < -0.4 is 5.32 Å². The van der Waals surface area contributed by atoms with Crippen LogP contribution in [0.25, 0.3) is 0 Å². The zero-order valence-electron chi connectivity index (χ0n) is 19.0. The minimum atomic E-state index is -1.14. The number of amides is 1. The fourth-order valence-electron chi connectivity index (χ4n) is 5.79. The second kappa shape index (κ2) is 8.55. The van der Waals surface area contributed by atoms with Crippen LogP contribution >= 0.6 is 0 Å². The number of carbonyl (C=O) groups excluding carboxylic acids is 2. The third kappa shape index (κ3) is 4.02. The zero-order chi connectivity index (χ0) is 23.3. The summed E-state index contributed by atoms with van der Waals surface area (Å²) in [5.41, 5.74) is -0.733. The van der Waals surface area contributed by atoms with Crippen LogP contribution in [0.15, 0.2) is 0 Å². The molecule has 10 heteroatoms. The molecule has 0 aromatic carbocycles. The molecular formula is C22H33NO9. The number of hydrogen-bond acceptors (Lipinski definition) is 8. The van der Waals surface area contributed by atoms with Gasteiger partial charge in [0.1, 0.15) is 6.04 Å². The summed E-state index contributed by atoms with van der Waals surface area (Å²) >= 11 is 0. The van der Waals surface area contributed by atoms with Crippen LogP contribution in [0.4, 0.5) is 0 Å². The van der Waals surface area contributed by atoms with Gasteiger partial charge in [0, 0.05) is 24.7 Å². The fourth-order valence-corrected chi connectivity index (χ4v) is 5.79. The summed E-state index contributed by atoms with van der Waals surface area (Å²) in [6.07, 6.45) is 1.64. The van der Waals surface area contributed by atoms with E-state index in [2.05, 4.69) is 12.2 Å². The second-order valence-electron chi connectivity index (χ2n) is 9.89. The van der Waals surface area contributed by atoms with E-state index in [1.807, 2.05) is 13.8 Å². The standard InChI is InChI=1S/C22H33NO9/c1-11-5-6-15-12(2)19(28-17(25)8-7-16(24)23-13(3)18(26)27)29-20-22(15)14(11)9-10-21(4,30-20)31-32-22/h11-15,19-20H,5-10H2,1-4H3,(H,23,24)(H,26,27)/t11-,12-,13+,14+,15+,19-,20-,21-,22+/m1/s1. The monoisotopic (exact) mass is 455 g/mol. The third-order valence-electron chi connectivity index (χ3n) is 7.65. The van der Waals surface area contributed by atoms with E-state index in [0.717, 1.165) is 19.3 Å². The van der Waals surface area contributed by atoms with Gasteiger partial charge in [-0.3, -0.25) is 14.4 Å². The Kier molecular flexibility index (Phi) is 6.26. The molecule has 0 unspecified atom stereocenters. The molecular weight excluding hydrogens is 422 g/mol. The van der Waals surface area contributed by atoms with Gasteiger partial charge in [-0.25, -0.2) is 9.78 Å². The van der Waals surface area contributed by atoms with Crippen molar-refractivity contribution in [1.82, 2.24) is 5.32 Å². The molecule has 1 amide bonds. The molecule has 9 atom stereocenters. The van der Waals surface area contributed by atoms with E-state index >= 15 is 0 Å². The first-order chi connectivity index (χ1) is 15.1. The predicted octanol–water partition coefficient (Wildman–Crippen LogP) is 2.11. The molecule has 1 spiro atoms. The number of hydrogen-bond donors (Lipinski definition) is 2. The van der Waals surface area contributed by atoms with Crippen molar-refractivity contribution in [3.63, 3.8) is 0 Å². The van der Waals surface area contributed by atoms with Crippen LogP contribution in [-0.2, 0) is 38.4 Å². The minimum Gasteiger partial charge on any atom is -0.480 e. The molecule has 10 nitrogen and oxygen atoms in total. The van der Waals surface area contributed by atoms with Crippen molar-refractivity contribution in [1.29, 1.82) is 0 Å². The van der Waals surface area contributed by atoms with Gasteiger partial charge in [-0.2, -0.15) is 0 Å². The van der Waals surface area contributed by atoms with E-state index in [4.69, 9.17) is 29.1 Å². The van der Waals surface area contributed by atoms with E-state index in [-0.39, 0.29) is 30.6 Å². The Hall–Kier alpha value is -1.75. The number of aliphatic carboxylic acids is 1. The molecule has 5 fully saturated rings. The van der Waals surface area contributed by atoms with Crippen molar-refractivity contribution in [2.75, 3.05) is 0 Å². The summed E-state index contributed by atoms with van der Waals surface area (Å²) in [4.78, 5) is 47.0. The number of esters is 1. The maximum Gasteiger partial charge on any atom is 0.325 e. The van der Waals surface area contributed by atoms with Gasteiger partial charge in [0.15, 0.2) is 11.9 Å². The van der Waals surface area contributed by atoms with Crippen molar-refractivity contribution in [3.8, 4) is 0 Å². The van der Waals surface area contributed by atoms with E-state index in [1.165, 1.54) is 6.92 Å². The minimum absolute atomic E-state index is 0.0302. The van der Waals surface area contributed by atoms with Crippen LogP contribution in [0.3, 0.4) is 0 Å². The summed E-state index contributed by atoms with van der Waals surface area (Å²) in [6.45, 7) is 7.39. The van der Waals surface area contributed by atoms with E-state index < -0.39 is 47.9 Å². The van der Waals surface area contributed by atoms with Gasteiger partial charge in [-0.05, 0) is 44.9 Å². The van der Waals surface area contributed by atoms with E-state index in [9.17, 15) is 14.4 Å². The third-order valence-corrected chi connectivity index (χ3v) is 7.65. The second-order valence-corrected chi connectivity index (χ2v) is 9.89. The Bertz CT molecular complexity index is 775. The fraction of sp³-hybridized carbons (Fsp3) is 0.864. The molecule has 4 aliphatic heterocycles. The molecule has 2 bridgehead atoms. The molecule has 0 aromatic heterocycles. The number of rotatable bonds is 6. The quantitative estimate of drug-likeness (QED) is 0.457. The Morgan fingerprint density at radius 1 is 1.12 bits per heavy atom. The van der Waals surface area contributed by atoms with Gasteiger partial charge >= 0.3 is 11.9 Å². The highest BCUT2D eigenvalue weighted by Crippen LogP contribution is 2.60. The normalized spacial score (nSPS) is 43.5. The molecule has 5 rings (SSSR count). The van der Waals surface area contributed by atoms with Crippen LogP contribution in [0.1, 0.15) is 66.2 Å². The highest BCUT2D eigenvalue weighted by Gasteiger charge is 2.69. The highest BCUT2D eigenvalue weighted by atomic mass is 17.3. The Morgan fingerprint density at radius 3 is 2.59 bits per heavy atom. The van der Waals surface area contributed by atoms with Gasteiger partial charge in [0.2, 0.25) is 18.0 Å². The molecule has 4 heterocycles. The summed E-state index contributed by atoms with van der Waals surface area (Å²) in [6, 6.07) is -1.02. The number of fused-ring (bicyclic) bond motifs is 2. The van der Waals surface area contributed by atoms with Crippen molar-refractivity contribution in [3.05, 3.63) is 0 Å². The number of nitrogens with one attached hydrogen (secondary N) is 1. The smallest absolute Gasteiger partial charge is 0.325 e. The van der Waals surface area contributed by atoms with Gasteiger partial charge in [0.05, 0.1) is 6.42 Å². The molecule has 1 aliphatic carbocycles. The lowest BCUT2D eigenvalue weighted by atomic mass is 9.58. The lowest BCUT2D eigenvalue weighted by Crippen LogP contribution is -2.70. The van der Waals surface area contributed by atoms with Crippen LogP contribution in [0.5, 0.6) is 0 Å². The van der Waals surface area contributed by atoms with E-state index in [1.54, 1.807) is 0 Å². The average Bonchev–Trinajstić information content (AvgIpc) is 2.96. The molecule has 4 saturated heterocycles. The zero-order valence-corrected chi connectivity index (χ0v) is 19.0. The van der Waals surface area contributed by atoms with Gasteiger partial charge in [-0.15, -0.1) is 0 Å². The maximum absolute atomic E-state index is 12.5. The average molecular weight is 456 g/mol. The first-order valence-electron chi connectivity index (χ1n) is 11.5. The highest BCUT2D eigenvalue weighted by molar-refractivity contribution is 5.85. The van der Waals surface area contributed by atoms with Crippen molar-refractivity contribution in [2.45, 2.75) is 96.2 Å². The van der Waals surface area contributed by atoms with Crippen LogP contribution in [0, 0.1) is 23.7 Å². The van der Waals surface area contributed by atoms with E-state index in [0.29, 0.717) is 12.3 Å². The van der Waals surface area contributed by atoms with Gasteiger partial charge in [0.25, 0.3) is 0 Å². The number of carbonyl (C=O) groups is 3. The van der Waals surface area contributed by atoms with Crippen molar-refractivity contribution in [2.24, 2.45) is 23.7 Å². The van der Waals surface area contributed by atoms with Crippen molar-refractivity contribution < 1.29 is 43.5 Å². The summed E-state index contributed by atoms with van der Waals surface area (Å²) in [5, 5.41) is 11.2. The molecule has 32 heavy (non-hydrogen) atoms. The predicted molar refractivity (Wildman–Crippen MR) is 107 cm³/mol. The summed E-state index contributed by atoms with van der Waals surface area (Å²) in [7, 11) is 0. The van der Waals surface area contributed by atoms with Gasteiger partial charge in [-0.1, -0.05) is 13.8 Å². The largest absolute Gasteiger partial charge is 0.480 e. The Labute approximate surface area is 187 Å². The summed E-state index contributed by atoms with van der Waals surface area (Å²) in [5.74, 6) is -2.64. The van der Waals surface area contributed by atoms with Crippen LogP contribution in [-0.4, -0.2) is 53.0 Å². The molecule has 5 aliphatic rings. The number of ether oxygens (including phenoxy) is 3. The molecule has 0 radical (unpaired) electrons. The molecule has 2 N–H and O–H groups in total. The maximum atomic E-state index is 12.5. The van der Waals surface area contributed by atoms with Gasteiger partial charge < -0.3 is 24.6 Å². The topological polar surface area (TPSA) is 130 Å². The lowest BCUT2D eigenvalue weighted by Gasteiger charge is -2.59. The molecule has 0 aromatic rings.